The molecule has 5 nitrogen and oxygen atoms in total. The number of alkyl halides is 5. The first-order valence-electron chi connectivity index (χ1n) is 14.2. The van der Waals surface area contributed by atoms with Crippen LogP contribution in [0.15, 0.2) is 71.6 Å². The van der Waals surface area contributed by atoms with Gasteiger partial charge in [0, 0.05) is 29.5 Å². The number of allylic oxidation sites excluding steroid dienone is 4. The van der Waals surface area contributed by atoms with Crippen molar-refractivity contribution in [2.45, 2.75) is 75.5 Å². The Kier molecular flexibility index (Phi) is 6.72. The van der Waals surface area contributed by atoms with Gasteiger partial charge in [0.25, 0.3) is 5.91 Å². The van der Waals surface area contributed by atoms with Gasteiger partial charge in [-0.1, -0.05) is 24.6 Å². The third-order valence-electron chi connectivity index (χ3n) is 10.3. The second-order valence-electron chi connectivity index (χ2n) is 12.3. The van der Waals surface area contributed by atoms with Gasteiger partial charge in [0.15, 0.2) is 5.78 Å². The van der Waals surface area contributed by atoms with Crippen LogP contribution in [0.2, 0.25) is 0 Å². The summed E-state index contributed by atoms with van der Waals surface area (Å²) in [6, 6.07) is 9.99. The summed E-state index contributed by atoms with van der Waals surface area (Å²) in [7, 11) is 0. The summed E-state index contributed by atoms with van der Waals surface area (Å²) in [5, 5.41) is 14.1. The maximum Gasteiger partial charge on any atom is 0.456 e. The van der Waals surface area contributed by atoms with E-state index in [0.717, 1.165) is 16.7 Å². The maximum absolute atomic E-state index is 15.1. The first-order valence-corrected chi connectivity index (χ1v) is 14.2. The summed E-state index contributed by atoms with van der Waals surface area (Å²) in [6.45, 7) is 1.39. The van der Waals surface area contributed by atoms with E-state index in [4.69, 9.17) is 0 Å². The fourth-order valence-corrected chi connectivity index (χ4v) is 8.22. The highest BCUT2D eigenvalue weighted by Gasteiger charge is 2.79. The number of fused-ring (bicyclic) bond motifs is 4. The number of carbonyl (C=O) groups excluding carboxylic acids is 2. The van der Waals surface area contributed by atoms with Crippen LogP contribution in [0.5, 0.6) is 0 Å². The van der Waals surface area contributed by atoms with Gasteiger partial charge >= 0.3 is 12.1 Å². The van der Waals surface area contributed by atoms with Gasteiger partial charge in [0.2, 0.25) is 0 Å². The standard InChI is InChI=1S/C32H31F5N2O3/c1-29-16-25(18-4-6-19(7-5-18)28(41)39-21-3-2-14-38-17-21)27-23-11-9-22(40)15-20(23)8-10-24(27)26(29)12-13-30(29,42)31(33,34)32(35,36)37/h2-7,14-15,17,24-26,42H,8-13,16H2,1H3,(H,39,41)/t24?,25-,26?,29+,30-/m1/s1. The van der Waals surface area contributed by atoms with Gasteiger partial charge in [-0.2, -0.15) is 22.0 Å². The van der Waals surface area contributed by atoms with Gasteiger partial charge < -0.3 is 10.4 Å². The molecule has 42 heavy (non-hydrogen) atoms. The first-order chi connectivity index (χ1) is 19.8. The minimum absolute atomic E-state index is 0.0223. The van der Waals surface area contributed by atoms with E-state index >= 15 is 8.78 Å². The zero-order chi connectivity index (χ0) is 30.1. The molecule has 0 radical (unpaired) electrons. The number of aromatic nitrogens is 1. The van der Waals surface area contributed by atoms with E-state index in [9.17, 15) is 27.9 Å². The number of hydrogen-bond acceptors (Lipinski definition) is 4. The third kappa shape index (κ3) is 4.24. The molecule has 0 aliphatic heterocycles. The fraction of sp³-hybridized carbons (Fsp3) is 0.469. The van der Waals surface area contributed by atoms with Crippen LogP contribution in [0.25, 0.3) is 0 Å². The number of hydrogen-bond donors (Lipinski definition) is 2. The predicted octanol–water partition coefficient (Wildman–Crippen LogP) is 7.16. The average molecular weight is 587 g/mol. The molecule has 222 valence electrons. The topological polar surface area (TPSA) is 79.3 Å². The molecule has 1 aromatic heterocycles. The van der Waals surface area contributed by atoms with E-state index in [1.807, 2.05) is 0 Å². The number of anilines is 1. The lowest BCUT2D eigenvalue weighted by molar-refractivity contribution is -0.362. The number of rotatable bonds is 4. The van der Waals surface area contributed by atoms with Crippen molar-refractivity contribution >= 4 is 17.4 Å². The van der Waals surface area contributed by atoms with Crippen molar-refractivity contribution in [2.75, 3.05) is 5.32 Å². The zero-order valence-corrected chi connectivity index (χ0v) is 23.0. The van der Waals surface area contributed by atoms with Crippen LogP contribution in [-0.2, 0) is 4.79 Å². The summed E-state index contributed by atoms with van der Waals surface area (Å²) in [6.07, 6.45) is -0.0427. The van der Waals surface area contributed by atoms with Gasteiger partial charge in [-0.3, -0.25) is 14.6 Å². The fourth-order valence-electron chi connectivity index (χ4n) is 8.22. The summed E-state index contributed by atoms with van der Waals surface area (Å²) in [5.41, 5.74) is -0.594. The van der Waals surface area contributed by atoms with Crippen LogP contribution >= 0.6 is 0 Å². The summed E-state index contributed by atoms with van der Waals surface area (Å²) >= 11 is 0. The SMILES string of the molecule is C[C@]12C[C@H](c3ccc(C(=O)Nc4cccnc4)cc3)C3=C4CCC(=O)C=C4CCC3C1CC[C@]2(O)C(F)(F)C(F)(F)F. The summed E-state index contributed by atoms with van der Waals surface area (Å²) in [5.74, 6) is -7.09. The highest BCUT2D eigenvalue weighted by atomic mass is 19.4. The second-order valence-corrected chi connectivity index (χ2v) is 12.3. The number of nitrogens with zero attached hydrogens (tertiary/aromatic N) is 1. The van der Waals surface area contributed by atoms with Crippen molar-refractivity contribution in [3.63, 3.8) is 0 Å². The van der Waals surface area contributed by atoms with Crippen molar-refractivity contribution < 1.29 is 36.6 Å². The molecule has 4 aliphatic rings. The molecule has 2 unspecified atom stereocenters. The summed E-state index contributed by atoms with van der Waals surface area (Å²) < 4.78 is 71.5. The average Bonchev–Trinajstić information content (AvgIpc) is 3.23. The highest BCUT2D eigenvalue weighted by molar-refractivity contribution is 6.04. The Morgan fingerprint density at radius 1 is 1.05 bits per heavy atom. The van der Waals surface area contributed by atoms with E-state index < -0.39 is 41.4 Å². The van der Waals surface area contributed by atoms with E-state index in [-0.39, 0.29) is 30.4 Å². The van der Waals surface area contributed by atoms with Crippen LogP contribution < -0.4 is 5.32 Å². The van der Waals surface area contributed by atoms with Crippen molar-refractivity contribution in [1.82, 2.24) is 4.98 Å². The quantitative estimate of drug-likeness (QED) is 0.373. The Bertz CT molecular complexity index is 1480. The molecule has 10 heteroatoms. The lowest BCUT2D eigenvalue weighted by Crippen LogP contribution is -2.65. The van der Waals surface area contributed by atoms with Gasteiger partial charge in [0.1, 0.15) is 5.60 Å². The number of halogens is 5. The van der Waals surface area contributed by atoms with Crippen molar-refractivity contribution in [3.8, 4) is 0 Å². The van der Waals surface area contributed by atoms with E-state index in [1.165, 1.54) is 13.1 Å². The number of nitrogens with one attached hydrogen (secondary N) is 1. The van der Waals surface area contributed by atoms with Gasteiger partial charge in [-0.15, -0.1) is 0 Å². The molecule has 4 aliphatic carbocycles. The van der Waals surface area contributed by atoms with Crippen LogP contribution in [0, 0.1) is 17.3 Å². The molecule has 2 fully saturated rings. The second kappa shape index (κ2) is 9.82. The highest BCUT2D eigenvalue weighted by Crippen LogP contribution is 2.70. The number of carbonyl (C=O) groups is 2. The molecule has 2 saturated carbocycles. The largest absolute Gasteiger partial charge is 0.456 e. The van der Waals surface area contributed by atoms with Crippen LogP contribution in [-0.4, -0.2) is 39.5 Å². The van der Waals surface area contributed by atoms with Crippen molar-refractivity contribution in [3.05, 3.63) is 82.7 Å². The number of pyridine rings is 1. The Balaban J connectivity index is 1.42. The minimum atomic E-state index is -5.90. The zero-order valence-electron chi connectivity index (χ0n) is 23.0. The van der Waals surface area contributed by atoms with E-state index in [2.05, 4.69) is 10.3 Å². The summed E-state index contributed by atoms with van der Waals surface area (Å²) in [4.78, 5) is 29.0. The van der Waals surface area contributed by atoms with Gasteiger partial charge in [0.05, 0.1) is 11.9 Å². The van der Waals surface area contributed by atoms with Crippen LogP contribution in [0.4, 0.5) is 27.6 Å². The Morgan fingerprint density at radius 3 is 2.45 bits per heavy atom. The third-order valence-corrected chi connectivity index (χ3v) is 10.3. The lowest BCUT2D eigenvalue weighted by atomic mass is 9.50. The molecular weight excluding hydrogens is 555 g/mol. The molecule has 1 heterocycles. The van der Waals surface area contributed by atoms with Crippen molar-refractivity contribution in [1.29, 1.82) is 0 Å². The number of ketones is 1. The molecule has 0 spiro atoms. The van der Waals surface area contributed by atoms with Crippen LogP contribution in [0.1, 0.15) is 73.7 Å². The van der Waals surface area contributed by atoms with E-state index in [0.29, 0.717) is 42.5 Å². The van der Waals surface area contributed by atoms with E-state index in [1.54, 1.807) is 48.7 Å². The maximum atomic E-state index is 15.1. The monoisotopic (exact) mass is 586 g/mol. The molecule has 2 aromatic rings. The Morgan fingerprint density at radius 2 is 1.79 bits per heavy atom. The molecule has 5 atom stereocenters. The van der Waals surface area contributed by atoms with Gasteiger partial charge in [-0.05, 0) is 97.4 Å². The van der Waals surface area contributed by atoms with Crippen LogP contribution in [0.3, 0.4) is 0 Å². The number of amides is 1. The van der Waals surface area contributed by atoms with Crippen molar-refractivity contribution in [2.24, 2.45) is 17.3 Å². The lowest BCUT2D eigenvalue weighted by Gasteiger charge is -2.56. The molecule has 0 bridgehead atoms. The predicted molar refractivity (Wildman–Crippen MR) is 145 cm³/mol. The first kappa shape index (κ1) is 28.7. The number of benzene rings is 1. The normalized spacial score (nSPS) is 31.2. The van der Waals surface area contributed by atoms with Gasteiger partial charge in [-0.25, -0.2) is 0 Å². The smallest absolute Gasteiger partial charge is 0.383 e. The molecule has 6 rings (SSSR count). The Hall–Kier alpha value is -3.40. The number of aliphatic hydroxyl groups is 1. The molecule has 1 aromatic carbocycles. The molecular formula is C32H31F5N2O3. The minimum Gasteiger partial charge on any atom is -0.383 e. The molecule has 1 amide bonds. The molecule has 2 N–H and O–H groups in total. The molecule has 0 saturated heterocycles. The Labute approximate surface area is 239 Å².